The molecule has 0 atom stereocenters. The van der Waals surface area contributed by atoms with Gasteiger partial charge in [0.2, 0.25) is 5.43 Å². The van der Waals surface area contributed by atoms with Gasteiger partial charge in [-0.25, -0.2) is 0 Å². The van der Waals surface area contributed by atoms with Crippen LogP contribution < -0.4 is 10.9 Å². The van der Waals surface area contributed by atoms with Crippen LogP contribution in [-0.4, -0.2) is 5.11 Å². The first kappa shape index (κ1) is 11.4. The number of hydrogen-bond acceptors (Lipinski definition) is 3. The van der Waals surface area contributed by atoms with Crippen LogP contribution in [0.2, 0.25) is 0 Å². The molecule has 0 saturated carbocycles. The summed E-state index contributed by atoms with van der Waals surface area (Å²) in [5.41, 5.74) is -3.45. The van der Waals surface area contributed by atoms with Crippen molar-refractivity contribution in [2.75, 3.05) is 0 Å². The van der Waals surface area contributed by atoms with Gasteiger partial charge in [0.05, 0.1) is 11.1 Å². The summed E-state index contributed by atoms with van der Waals surface area (Å²) in [6.07, 6.45) is -4.54. The van der Waals surface area contributed by atoms with Gasteiger partial charge in [0, 0.05) is 0 Å². The van der Waals surface area contributed by atoms with Gasteiger partial charge in [-0.1, -0.05) is 12.1 Å². The highest BCUT2D eigenvalue weighted by Gasteiger charge is 2.31. The summed E-state index contributed by atoms with van der Waals surface area (Å²) in [6, 6.07) is 3.89. The summed E-state index contributed by atoms with van der Waals surface area (Å²) in [7, 11) is 0. The standard InChI is InChI=1S/C11H5F3O3/c12-11(13,14)6-3-1-2-5(4-6)7-8(15)10(17)9(7)16/h1-4,15H. The molecule has 2 aromatic rings. The smallest absolute Gasteiger partial charge is 0.416 e. The molecule has 0 radical (unpaired) electrons. The van der Waals surface area contributed by atoms with Crippen LogP contribution in [-0.2, 0) is 6.18 Å². The van der Waals surface area contributed by atoms with Crippen LogP contribution in [0.3, 0.4) is 0 Å². The molecular weight excluding hydrogens is 237 g/mol. The van der Waals surface area contributed by atoms with E-state index in [2.05, 4.69) is 0 Å². The molecule has 0 amide bonds. The van der Waals surface area contributed by atoms with Crippen molar-refractivity contribution >= 4 is 0 Å². The highest BCUT2D eigenvalue weighted by atomic mass is 19.4. The molecule has 2 rings (SSSR count). The minimum absolute atomic E-state index is 0.109. The van der Waals surface area contributed by atoms with Gasteiger partial charge in [-0.2, -0.15) is 13.2 Å². The van der Waals surface area contributed by atoms with Gasteiger partial charge in [0.1, 0.15) is 0 Å². The zero-order chi connectivity index (χ0) is 12.8. The molecule has 6 heteroatoms. The van der Waals surface area contributed by atoms with Gasteiger partial charge in [-0.05, 0) is 17.7 Å². The van der Waals surface area contributed by atoms with Crippen molar-refractivity contribution in [3.63, 3.8) is 0 Å². The zero-order valence-corrected chi connectivity index (χ0v) is 8.21. The van der Waals surface area contributed by atoms with Crippen LogP contribution in [0.25, 0.3) is 11.1 Å². The second kappa shape index (κ2) is 3.44. The van der Waals surface area contributed by atoms with Gasteiger partial charge in [0.15, 0.2) is 5.75 Å². The molecule has 0 aliphatic carbocycles. The Morgan fingerprint density at radius 2 is 1.71 bits per heavy atom. The molecule has 1 N–H and O–H groups in total. The van der Waals surface area contributed by atoms with E-state index in [1.54, 1.807) is 0 Å². The van der Waals surface area contributed by atoms with E-state index in [1.165, 1.54) is 6.07 Å². The molecule has 0 aliphatic heterocycles. The lowest BCUT2D eigenvalue weighted by Gasteiger charge is -2.10. The number of hydrogen-bond donors (Lipinski definition) is 1. The number of aromatic hydroxyl groups is 1. The van der Waals surface area contributed by atoms with Crippen molar-refractivity contribution < 1.29 is 18.3 Å². The first-order valence-electron chi connectivity index (χ1n) is 4.52. The molecule has 0 fully saturated rings. The van der Waals surface area contributed by atoms with Crippen molar-refractivity contribution in [3.8, 4) is 16.9 Å². The zero-order valence-electron chi connectivity index (χ0n) is 8.21. The second-order valence-corrected chi connectivity index (χ2v) is 3.46. The first-order chi connectivity index (χ1) is 7.82. The van der Waals surface area contributed by atoms with Gasteiger partial charge in [0.25, 0.3) is 5.43 Å². The first-order valence-corrected chi connectivity index (χ1v) is 4.52. The van der Waals surface area contributed by atoms with E-state index >= 15 is 0 Å². The van der Waals surface area contributed by atoms with Crippen LogP contribution in [0.1, 0.15) is 5.56 Å². The lowest BCUT2D eigenvalue weighted by atomic mass is 9.98. The fourth-order valence-electron chi connectivity index (χ4n) is 1.50. The third-order valence-electron chi connectivity index (χ3n) is 2.36. The summed E-state index contributed by atoms with van der Waals surface area (Å²) in [5.74, 6) is -0.783. The Kier molecular flexibility index (Phi) is 2.30. The Hall–Kier alpha value is -2.11. The third kappa shape index (κ3) is 1.71. The van der Waals surface area contributed by atoms with E-state index in [0.29, 0.717) is 0 Å². The Morgan fingerprint density at radius 3 is 2.24 bits per heavy atom. The van der Waals surface area contributed by atoms with Crippen LogP contribution in [0.15, 0.2) is 33.9 Å². The highest BCUT2D eigenvalue weighted by molar-refractivity contribution is 5.73. The van der Waals surface area contributed by atoms with E-state index in [1.807, 2.05) is 0 Å². The molecule has 2 aromatic carbocycles. The molecule has 0 aliphatic rings. The summed E-state index contributed by atoms with van der Waals surface area (Å²) in [5, 5.41) is 9.12. The molecule has 0 heterocycles. The summed E-state index contributed by atoms with van der Waals surface area (Å²) in [4.78, 5) is 21.8. The maximum absolute atomic E-state index is 12.4. The summed E-state index contributed by atoms with van der Waals surface area (Å²) >= 11 is 0. The topological polar surface area (TPSA) is 54.4 Å². The number of alkyl halides is 3. The van der Waals surface area contributed by atoms with Gasteiger partial charge >= 0.3 is 6.18 Å². The van der Waals surface area contributed by atoms with E-state index in [-0.39, 0.29) is 11.1 Å². The van der Waals surface area contributed by atoms with Crippen LogP contribution >= 0.6 is 0 Å². The quantitative estimate of drug-likeness (QED) is 0.774. The largest absolute Gasteiger partial charge is 0.503 e. The summed E-state index contributed by atoms with van der Waals surface area (Å²) in [6.45, 7) is 0. The highest BCUT2D eigenvalue weighted by Crippen LogP contribution is 2.33. The average molecular weight is 242 g/mol. The van der Waals surface area contributed by atoms with Crippen molar-refractivity contribution in [1.82, 2.24) is 0 Å². The molecule has 88 valence electrons. The number of benzene rings is 1. The van der Waals surface area contributed by atoms with E-state index in [4.69, 9.17) is 5.11 Å². The molecule has 0 bridgehead atoms. The Balaban J connectivity index is 2.57. The Bertz CT molecular complexity index is 649. The van der Waals surface area contributed by atoms with E-state index in [0.717, 1.165) is 18.2 Å². The van der Waals surface area contributed by atoms with Crippen molar-refractivity contribution in [2.24, 2.45) is 0 Å². The Labute approximate surface area is 92.4 Å². The van der Waals surface area contributed by atoms with Crippen LogP contribution in [0, 0.1) is 0 Å². The van der Waals surface area contributed by atoms with Crippen molar-refractivity contribution in [2.45, 2.75) is 6.18 Å². The minimum atomic E-state index is -4.54. The lowest BCUT2D eigenvalue weighted by Crippen LogP contribution is -2.31. The second-order valence-electron chi connectivity index (χ2n) is 3.46. The molecule has 0 unspecified atom stereocenters. The third-order valence-corrected chi connectivity index (χ3v) is 2.36. The fraction of sp³-hybridized carbons (Fsp3) is 0.0909. The van der Waals surface area contributed by atoms with Gasteiger partial charge in [-0.15, -0.1) is 0 Å². The van der Waals surface area contributed by atoms with Crippen LogP contribution in [0.5, 0.6) is 5.75 Å². The molecular formula is C11H5F3O3. The fourth-order valence-corrected chi connectivity index (χ4v) is 1.50. The van der Waals surface area contributed by atoms with Crippen LogP contribution in [0.4, 0.5) is 13.2 Å². The van der Waals surface area contributed by atoms with Crippen molar-refractivity contribution in [3.05, 3.63) is 50.3 Å². The SMILES string of the molecule is O=c1c(O)c(-c2cccc(C(F)(F)F)c2)c1=O. The Morgan fingerprint density at radius 1 is 1.06 bits per heavy atom. The maximum Gasteiger partial charge on any atom is 0.416 e. The average Bonchev–Trinajstić information content (AvgIpc) is 2.28. The molecule has 3 nitrogen and oxygen atoms in total. The minimum Gasteiger partial charge on any atom is -0.503 e. The molecule has 0 saturated heterocycles. The predicted octanol–water partition coefficient (Wildman–Crippen LogP) is 1.67. The van der Waals surface area contributed by atoms with Gasteiger partial charge in [-0.3, -0.25) is 9.59 Å². The number of rotatable bonds is 1. The van der Waals surface area contributed by atoms with Crippen molar-refractivity contribution in [1.29, 1.82) is 0 Å². The van der Waals surface area contributed by atoms with Gasteiger partial charge < -0.3 is 5.11 Å². The maximum atomic E-state index is 12.4. The lowest BCUT2D eigenvalue weighted by molar-refractivity contribution is -0.137. The molecule has 0 aromatic heterocycles. The monoisotopic (exact) mass is 242 g/mol. The summed E-state index contributed by atoms with van der Waals surface area (Å²) < 4.78 is 37.2. The molecule has 0 spiro atoms. The number of halogens is 3. The van der Waals surface area contributed by atoms with E-state index < -0.39 is 28.3 Å². The van der Waals surface area contributed by atoms with E-state index in [9.17, 15) is 22.8 Å². The predicted molar refractivity (Wildman–Crippen MR) is 53.5 cm³/mol. The normalized spacial score (nSPS) is 11.9. The molecule has 17 heavy (non-hydrogen) atoms.